The minimum atomic E-state index is 0. The second-order valence-corrected chi connectivity index (χ2v) is 6.36. The van der Waals surface area contributed by atoms with Crippen molar-refractivity contribution in [1.29, 1.82) is 0 Å². The molecular formula is C15H23ClN2OS. The Kier molecular flexibility index (Phi) is 7.41. The topological polar surface area (TPSA) is 32.3 Å². The van der Waals surface area contributed by atoms with E-state index in [4.69, 9.17) is 0 Å². The third-order valence-corrected chi connectivity index (χ3v) is 4.75. The number of halogens is 1. The lowest BCUT2D eigenvalue weighted by Gasteiger charge is -2.40. The van der Waals surface area contributed by atoms with Gasteiger partial charge in [0, 0.05) is 30.5 Å². The van der Waals surface area contributed by atoms with E-state index in [1.165, 1.54) is 5.56 Å². The van der Waals surface area contributed by atoms with E-state index >= 15 is 0 Å². The fraction of sp³-hybridized carbons (Fsp3) is 0.533. The van der Waals surface area contributed by atoms with Crippen molar-refractivity contribution in [1.82, 2.24) is 10.2 Å². The van der Waals surface area contributed by atoms with Crippen molar-refractivity contribution in [3.05, 3.63) is 35.9 Å². The number of thioether (sulfide) groups is 1. The van der Waals surface area contributed by atoms with E-state index in [1.54, 1.807) is 0 Å². The number of hydrogen-bond acceptors (Lipinski definition) is 3. The first-order valence-electron chi connectivity index (χ1n) is 6.84. The summed E-state index contributed by atoms with van der Waals surface area (Å²) in [7, 11) is 1.89. The zero-order chi connectivity index (χ0) is 13.7. The van der Waals surface area contributed by atoms with Crippen LogP contribution in [-0.2, 0) is 4.79 Å². The van der Waals surface area contributed by atoms with Gasteiger partial charge in [-0.2, -0.15) is 11.8 Å². The maximum Gasteiger partial charge on any atom is 0.224 e. The molecule has 1 N–H and O–H groups in total. The monoisotopic (exact) mass is 314 g/mol. The molecule has 1 fully saturated rings. The summed E-state index contributed by atoms with van der Waals surface area (Å²) < 4.78 is 0. The lowest BCUT2D eigenvalue weighted by atomic mass is 10.0. The van der Waals surface area contributed by atoms with Gasteiger partial charge in [0.1, 0.15) is 0 Å². The Balaban J connectivity index is 0.00000200. The fourth-order valence-corrected chi connectivity index (χ4v) is 3.74. The summed E-state index contributed by atoms with van der Waals surface area (Å²) in [5, 5.41) is 3.50. The van der Waals surface area contributed by atoms with Gasteiger partial charge in [0.25, 0.3) is 0 Å². The maximum absolute atomic E-state index is 12.4. The number of rotatable bonds is 4. The van der Waals surface area contributed by atoms with Crippen LogP contribution in [0.25, 0.3) is 0 Å². The number of hydrogen-bond donors (Lipinski definition) is 1. The second kappa shape index (κ2) is 8.55. The molecule has 2 atom stereocenters. The lowest BCUT2D eigenvalue weighted by molar-refractivity contribution is -0.133. The van der Waals surface area contributed by atoms with E-state index in [9.17, 15) is 4.79 Å². The Morgan fingerprint density at radius 1 is 1.40 bits per heavy atom. The Bertz CT molecular complexity index is 416. The van der Waals surface area contributed by atoms with Crippen LogP contribution in [0.2, 0.25) is 0 Å². The summed E-state index contributed by atoms with van der Waals surface area (Å²) >= 11 is 1.96. The fourth-order valence-electron chi connectivity index (χ4n) is 2.58. The Labute approximate surface area is 131 Å². The van der Waals surface area contributed by atoms with Crippen LogP contribution in [0, 0.1) is 0 Å². The molecule has 1 aromatic rings. The van der Waals surface area contributed by atoms with Crippen molar-refractivity contribution >= 4 is 30.1 Å². The number of amides is 1. The summed E-state index contributed by atoms with van der Waals surface area (Å²) in [6.07, 6.45) is 0.581. The molecule has 0 spiro atoms. The summed E-state index contributed by atoms with van der Waals surface area (Å²) in [6.45, 7) is 3.83. The van der Waals surface area contributed by atoms with E-state index in [-0.39, 0.29) is 24.4 Å². The second-order valence-electron chi connectivity index (χ2n) is 4.87. The molecule has 1 aromatic carbocycles. The zero-order valence-electron chi connectivity index (χ0n) is 12.0. The highest BCUT2D eigenvalue weighted by molar-refractivity contribution is 8.00. The molecule has 1 aliphatic rings. The molecule has 5 heteroatoms. The third kappa shape index (κ3) is 4.14. The van der Waals surface area contributed by atoms with Crippen LogP contribution in [-0.4, -0.2) is 41.9 Å². The van der Waals surface area contributed by atoms with Crippen LogP contribution in [0.15, 0.2) is 30.3 Å². The standard InChI is InChI=1S/C15H22N2OS.ClH/c1-12-15(13-6-4-3-5-7-13)17(10-11-19-12)14(18)8-9-16-2;/h3-7,12,15-16H,8-11H2,1-2H3;1H. The molecular weight excluding hydrogens is 292 g/mol. The van der Waals surface area contributed by atoms with Crippen LogP contribution in [0.4, 0.5) is 0 Å². The average Bonchev–Trinajstić information content (AvgIpc) is 2.45. The number of carbonyl (C=O) groups excluding carboxylic acids is 1. The van der Waals surface area contributed by atoms with Crippen molar-refractivity contribution in [3.8, 4) is 0 Å². The van der Waals surface area contributed by atoms with Crippen LogP contribution < -0.4 is 5.32 Å². The number of nitrogens with one attached hydrogen (secondary N) is 1. The van der Waals surface area contributed by atoms with Crippen LogP contribution >= 0.6 is 24.2 Å². The predicted molar refractivity (Wildman–Crippen MR) is 88.6 cm³/mol. The van der Waals surface area contributed by atoms with Crippen LogP contribution in [0.1, 0.15) is 24.9 Å². The van der Waals surface area contributed by atoms with Gasteiger partial charge < -0.3 is 10.2 Å². The molecule has 20 heavy (non-hydrogen) atoms. The highest BCUT2D eigenvalue weighted by Gasteiger charge is 2.32. The van der Waals surface area contributed by atoms with Gasteiger partial charge in [-0.15, -0.1) is 12.4 Å². The Morgan fingerprint density at radius 2 is 2.10 bits per heavy atom. The molecule has 3 nitrogen and oxygen atoms in total. The van der Waals surface area contributed by atoms with E-state index in [1.807, 2.05) is 24.9 Å². The first-order chi connectivity index (χ1) is 9.24. The number of carbonyl (C=O) groups is 1. The molecule has 1 amide bonds. The Morgan fingerprint density at radius 3 is 2.75 bits per heavy atom. The lowest BCUT2D eigenvalue weighted by Crippen LogP contribution is -2.44. The molecule has 0 aliphatic carbocycles. The van der Waals surface area contributed by atoms with Crippen molar-refractivity contribution in [2.24, 2.45) is 0 Å². The summed E-state index contributed by atoms with van der Waals surface area (Å²) in [4.78, 5) is 14.4. The van der Waals surface area contributed by atoms with Gasteiger partial charge in [0.15, 0.2) is 0 Å². The van der Waals surface area contributed by atoms with Crippen LogP contribution in [0.3, 0.4) is 0 Å². The normalized spacial score (nSPS) is 22.2. The molecule has 1 aliphatic heterocycles. The zero-order valence-corrected chi connectivity index (χ0v) is 13.7. The molecule has 2 rings (SSSR count). The molecule has 112 valence electrons. The molecule has 0 bridgehead atoms. The summed E-state index contributed by atoms with van der Waals surface area (Å²) in [5.41, 5.74) is 1.25. The highest BCUT2D eigenvalue weighted by atomic mass is 35.5. The van der Waals surface area contributed by atoms with Crippen molar-refractivity contribution in [2.75, 3.05) is 25.9 Å². The molecule has 0 aromatic heterocycles. The SMILES string of the molecule is CNCCC(=O)N1CCSC(C)C1c1ccccc1.Cl. The van der Waals surface area contributed by atoms with Gasteiger partial charge >= 0.3 is 0 Å². The van der Waals surface area contributed by atoms with Gasteiger partial charge in [-0.05, 0) is 12.6 Å². The van der Waals surface area contributed by atoms with Gasteiger partial charge in [-0.25, -0.2) is 0 Å². The smallest absolute Gasteiger partial charge is 0.224 e. The maximum atomic E-state index is 12.4. The predicted octanol–water partition coefficient (Wildman–Crippen LogP) is 2.72. The largest absolute Gasteiger partial charge is 0.334 e. The third-order valence-electron chi connectivity index (χ3n) is 3.54. The van der Waals surface area contributed by atoms with Gasteiger partial charge in [0.2, 0.25) is 5.91 Å². The van der Waals surface area contributed by atoms with E-state index in [0.717, 1.165) is 18.8 Å². The summed E-state index contributed by atoms with van der Waals surface area (Å²) in [6, 6.07) is 10.6. The first-order valence-corrected chi connectivity index (χ1v) is 7.89. The molecule has 0 saturated carbocycles. The first kappa shape index (κ1) is 17.3. The molecule has 2 unspecified atom stereocenters. The van der Waals surface area contributed by atoms with E-state index in [0.29, 0.717) is 11.7 Å². The average molecular weight is 315 g/mol. The summed E-state index contributed by atoms with van der Waals surface area (Å²) in [5.74, 6) is 1.30. The Hall–Kier alpha value is -0.710. The highest BCUT2D eigenvalue weighted by Crippen LogP contribution is 2.36. The van der Waals surface area contributed by atoms with E-state index < -0.39 is 0 Å². The number of nitrogens with zero attached hydrogens (tertiary/aromatic N) is 1. The van der Waals surface area contributed by atoms with Crippen LogP contribution in [0.5, 0.6) is 0 Å². The van der Waals surface area contributed by atoms with Gasteiger partial charge in [0.05, 0.1) is 6.04 Å². The van der Waals surface area contributed by atoms with Gasteiger partial charge in [-0.1, -0.05) is 37.3 Å². The quantitative estimate of drug-likeness (QED) is 0.927. The molecule has 0 radical (unpaired) electrons. The van der Waals surface area contributed by atoms with E-state index in [2.05, 4.69) is 41.4 Å². The van der Waals surface area contributed by atoms with Crippen molar-refractivity contribution < 1.29 is 4.79 Å². The minimum Gasteiger partial charge on any atom is -0.334 e. The minimum absolute atomic E-state index is 0. The molecule has 1 saturated heterocycles. The molecule has 1 heterocycles. The van der Waals surface area contributed by atoms with Crippen molar-refractivity contribution in [2.45, 2.75) is 24.6 Å². The van der Waals surface area contributed by atoms with Crippen molar-refractivity contribution in [3.63, 3.8) is 0 Å². The number of benzene rings is 1. The van der Waals surface area contributed by atoms with Gasteiger partial charge in [-0.3, -0.25) is 4.79 Å².